The lowest BCUT2D eigenvalue weighted by Crippen LogP contribution is -2.37. The number of methoxy groups -OCH3 is 1. The molecule has 1 heterocycles. The summed E-state index contributed by atoms with van der Waals surface area (Å²) in [5, 5.41) is 0. The highest BCUT2D eigenvalue weighted by Gasteiger charge is 2.42. The number of sulfone groups is 1. The van der Waals surface area contributed by atoms with Crippen molar-refractivity contribution in [1.82, 2.24) is 0 Å². The number of fused-ring (bicyclic) bond motifs is 1. The van der Waals surface area contributed by atoms with Crippen LogP contribution in [0.2, 0.25) is 0 Å². The van der Waals surface area contributed by atoms with Crippen molar-refractivity contribution < 1.29 is 22.7 Å². The Kier molecular flexibility index (Phi) is 7.84. The van der Waals surface area contributed by atoms with E-state index in [0.29, 0.717) is 18.0 Å². The van der Waals surface area contributed by atoms with Gasteiger partial charge >= 0.3 is 0 Å². The first-order chi connectivity index (χ1) is 15.7. The number of ketones is 1. The van der Waals surface area contributed by atoms with Gasteiger partial charge in [0.25, 0.3) is 0 Å². The zero-order chi connectivity index (χ0) is 24.1. The van der Waals surface area contributed by atoms with Crippen LogP contribution in [0, 0.1) is 5.41 Å². The van der Waals surface area contributed by atoms with Crippen LogP contribution in [0.25, 0.3) is 0 Å². The van der Waals surface area contributed by atoms with Crippen molar-refractivity contribution in [3.63, 3.8) is 0 Å². The highest BCUT2D eigenvalue weighted by molar-refractivity contribution is 7.91. The van der Waals surface area contributed by atoms with E-state index in [1.807, 2.05) is 30.3 Å². The van der Waals surface area contributed by atoms with E-state index < -0.39 is 9.84 Å². The van der Waals surface area contributed by atoms with Crippen molar-refractivity contribution in [3.8, 4) is 11.5 Å². The number of hydrogen-bond donors (Lipinski definition) is 0. The Morgan fingerprint density at radius 3 is 2.48 bits per heavy atom. The van der Waals surface area contributed by atoms with Gasteiger partial charge in [0.05, 0.1) is 29.7 Å². The predicted octanol–water partition coefficient (Wildman–Crippen LogP) is 5.69. The number of hydrogen-bond acceptors (Lipinski definition) is 6. The maximum absolute atomic E-state index is 13.7. The zero-order valence-electron chi connectivity index (χ0n) is 19.8. The van der Waals surface area contributed by atoms with Gasteiger partial charge in [-0.15, -0.1) is 0 Å². The minimum atomic E-state index is -3.63. The molecule has 178 valence electrons. The van der Waals surface area contributed by atoms with Crippen LogP contribution in [0.1, 0.15) is 46.5 Å². The van der Waals surface area contributed by atoms with E-state index in [9.17, 15) is 13.2 Å². The van der Waals surface area contributed by atoms with Crippen molar-refractivity contribution >= 4 is 27.0 Å². The molecule has 0 radical (unpaired) electrons. The van der Waals surface area contributed by atoms with Gasteiger partial charge in [0, 0.05) is 35.9 Å². The molecule has 7 heteroatoms. The van der Waals surface area contributed by atoms with Crippen molar-refractivity contribution in [3.05, 3.63) is 54.8 Å². The molecule has 0 spiro atoms. The summed E-state index contributed by atoms with van der Waals surface area (Å²) < 4.78 is 38.6. The van der Waals surface area contributed by atoms with Crippen molar-refractivity contribution in [2.75, 3.05) is 24.3 Å². The van der Waals surface area contributed by atoms with Crippen LogP contribution in [0.3, 0.4) is 0 Å². The van der Waals surface area contributed by atoms with E-state index >= 15 is 0 Å². The second kappa shape index (κ2) is 10.4. The monoisotopic (exact) mass is 471 g/mol. The highest BCUT2D eigenvalue weighted by atomic mass is 32.2. The fourth-order valence-electron chi connectivity index (χ4n) is 4.32. The minimum Gasteiger partial charge on any atom is -0.493 e. The molecule has 3 rings (SSSR count). The van der Waals surface area contributed by atoms with Gasteiger partial charge in [-0.1, -0.05) is 44.9 Å². The number of carbonyl (C=O) groups excluding carboxylic acids is 1. The van der Waals surface area contributed by atoms with Gasteiger partial charge < -0.3 is 14.4 Å². The Hall–Kier alpha value is -2.80. The summed E-state index contributed by atoms with van der Waals surface area (Å²) in [7, 11) is -2.11. The molecule has 2 aromatic rings. The van der Waals surface area contributed by atoms with Crippen LogP contribution in [0.15, 0.2) is 59.7 Å². The van der Waals surface area contributed by atoms with Crippen LogP contribution in [-0.4, -0.2) is 33.6 Å². The quantitative estimate of drug-likeness (QED) is 0.346. The van der Waals surface area contributed by atoms with Crippen LogP contribution in [-0.2, 0) is 14.6 Å². The summed E-state index contributed by atoms with van der Waals surface area (Å²) in [6.45, 7) is 6.21. The summed E-state index contributed by atoms with van der Waals surface area (Å²) in [4.78, 5) is 13.6. The minimum absolute atomic E-state index is 0.0713. The largest absolute Gasteiger partial charge is 0.493 e. The van der Waals surface area contributed by atoms with E-state index in [1.165, 1.54) is 32.4 Å². The number of para-hydroxylation sites is 1. The van der Waals surface area contributed by atoms with Crippen LogP contribution < -0.4 is 14.4 Å². The predicted molar refractivity (Wildman–Crippen MR) is 131 cm³/mol. The first kappa shape index (κ1) is 24.8. The number of ether oxygens (including phenoxy) is 2. The van der Waals surface area contributed by atoms with Crippen molar-refractivity contribution in [2.45, 2.75) is 51.3 Å². The van der Waals surface area contributed by atoms with Gasteiger partial charge in [-0.3, -0.25) is 4.79 Å². The molecule has 0 saturated heterocycles. The molecule has 1 aliphatic rings. The van der Waals surface area contributed by atoms with Gasteiger partial charge in [0.15, 0.2) is 27.1 Å². The number of allylic oxidation sites excluding steroid dienone is 1. The Labute approximate surface area is 197 Å². The van der Waals surface area contributed by atoms with Crippen LogP contribution in [0.5, 0.6) is 11.5 Å². The van der Waals surface area contributed by atoms with Crippen LogP contribution in [0.4, 0.5) is 11.4 Å². The maximum Gasteiger partial charge on any atom is 0.181 e. The lowest BCUT2D eigenvalue weighted by atomic mass is 9.81. The molecule has 0 N–H and O–H groups in total. The molecule has 0 bridgehead atoms. The Morgan fingerprint density at radius 1 is 1.15 bits per heavy atom. The van der Waals surface area contributed by atoms with Crippen molar-refractivity contribution in [1.29, 1.82) is 0 Å². The second-order valence-corrected chi connectivity index (χ2v) is 10.6. The first-order valence-electron chi connectivity index (χ1n) is 11.4. The lowest BCUT2D eigenvalue weighted by molar-refractivity contribution is -0.112. The molecule has 33 heavy (non-hydrogen) atoms. The second-order valence-electron chi connectivity index (χ2n) is 8.64. The fraction of sp³-hybridized carbons (Fsp3) is 0.423. The number of carbonyl (C=O) groups is 1. The Bertz CT molecular complexity index is 1110. The number of benzene rings is 2. The van der Waals surface area contributed by atoms with E-state index in [4.69, 9.17) is 9.47 Å². The average molecular weight is 472 g/mol. The number of nitrogens with zero attached hydrogens (tertiary/aromatic N) is 1. The number of anilines is 2. The molecule has 0 aromatic heterocycles. The molecule has 2 aromatic carbocycles. The molecule has 6 nitrogen and oxygen atoms in total. The number of unbranched alkanes of at least 4 members (excludes halogenated alkanes) is 1. The lowest BCUT2D eigenvalue weighted by Gasteiger charge is -2.36. The van der Waals surface area contributed by atoms with Crippen molar-refractivity contribution in [2.24, 2.45) is 5.41 Å². The summed E-state index contributed by atoms with van der Waals surface area (Å²) in [5.74, 6) is 0.552. The molecule has 1 atom stereocenters. The molecular formula is C26H33NO5S. The zero-order valence-corrected chi connectivity index (χ0v) is 20.7. The van der Waals surface area contributed by atoms with E-state index in [2.05, 4.69) is 18.7 Å². The molecule has 0 saturated carbocycles. The molecule has 0 amide bonds. The van der Waals surface area contributed by atoms with Gasteiger partial charge in [-0.2, -0.15) is 0 Å². The maximum atomic E-state index is 13.7. The molecular weight excluding hydrogens is 438 g/mol. The smallest absolute Gasteiger partial charge is 0.181 e. The molecule has 1 aliphatic heterocycles. The molecule has 1 unspecified atom stereocenters. The third kappa shape index (κ3) is 5.58. The third-order valence-corrected chi connectivity index (χ3v) is 8.23. The molecule has 0 aliphatic carbocycles. The highest BCUT2D eigenvalue weighted by Crippen LogP contribution is 2.47. The summed E-state index contributed by atoms with van der Waals surface area (Å²) in [6.07, 6.45) is 6.10. The number of rotatable bonds is 9. The Morgan fingerprint density at radius 2 is 1.88 bits per heavy atom. The Balaban J connectivity index is 2.22. The molecule has 0 fully saturated rings. The van der Waals surface area contributed by atoms with Gasteiger partial charge in [0.1, 0.15) is 0 Å². The van der Waals surface area contributed by atoms with Gasteiger partial charge in [-0.25, -0.2) is 8.42 Å². The summed E-state index contributed by atoms with van der Waals surface area (Å²) >= 11 is 0. The standard InChI is InChI=1S/C26H33NO5S/c1-5-7-14-26(6-2)18-27(21-11-9-8-10-12-21)22-16-23(31-4)24(32-15-13-20(3)28)17-25(22)33(29,30)19-26/h8-13,15-17H,5-7,14,18-19H2,1-4H3/b15-13-. The fourth-order valence-corrected chi connectivity index (χ4v) is 6.50. The third-order valence-electron chi connectivity index (χ3n) is 6.24. The van der Waals surface area contributed by atoms with Crippen LogP contribution >= 0.6 is 0 Å². The SMILES string of the molecule is CCCCC1(CC)CN(c2ccccc2)c2cc(OC)c(O/C=C\C(C)=O)cc2S(=O)(=O)C1. The van der Waals surface area contributed by atoms with E-state index in [-0.39, 0.29) is 27.6 Å². The first-order valence-corrected chi connectivity index (χ1v) is 13.0. The van der Waals surface area contributed by atoms with E-state index in [1.54, 1.807) is 6.07 Å². The normalized spacial score (nSPS) is 19.7. The van der Waals surface area contributed by atoms with E-state index in [0.717, 1.165) is 31.4 Å². The van der Waals surface area contributed by atoms with Gasteiger partial charge in [0.2, 0.25) is 0 Å². The average Bonchev–Trinajstić information content (AvgIpc) is 2.90. The van der Waals surface area contributed by atoms with Gasteiger partial charge in [-0.05, 0) is 31.9 Å². The topological polar surface area (TPSA) is 72.9 Å². The summed E-state index contributed by atoms with van der Waals surface area (Å²) in [5.41, 5.74) is 1.12. The summed E-state index contributed by atoms with van der Waals surface area (Å²) in [6, 6.07) is 13.1.